The predicted molar refractivity (Wildman–Crippen MR) is 97.1 cm³/mol. The van der Waals surface area contributed by atoms with Gasteiger partial charge in [0.2, 0.25) is 0 Å². The number of H-pyrrole nitrogens is 1. The first-order valence-electron chi connectivity index (χ1n) is 7.77. The highest BCUT2D eigenvalue weighted by Gasteiger charge is 2.31. The lowest BCUT2D eigenvalue weighted by molar-refractivity contribution is -0.137. The molecule has 1 heterocycles. The van der Waals surface area contributed by atoms with E-state index in [1.54, 1.807) is 18.2 Å². The highest BCUT2D eigenvalue weighted by atomic mass is 35.5. The molecule has 2 N–H and O–H groups in total. The van der Waals surface area contributed by atoms with Gasteiger partial charge < -0.3 is 10.3 Å². The Hall–Kier alpha value is -3.33. The van der Waals surface area contributed by atoms with Crippen molar-refractivity contribution in [1.82, 2.24) is 9.55 Å². The minimum Gasteiger partial charge on any atom is -0.320 e. The molecular formula is C18H11ClF3N3O3. The van der Waals surface area contributed by atoms with Crippen molar-refractivity contribution in [3.05, 3.63) is 91.7 Å². The maximum absolute atomic E-state index is 12.9. The number of nitrogens with one attached hydrogen (secondary N) is 2. The van der Waals surface area contributed by atoms with E-state index >= 15 is 0 Å². The van der Waals surface area contributed by atoms with Crippen LogP contribution in [0, 0.1) is 0 Å². The Labute approximate surface area is 160 Å². The molecule has 0 saturated heterocycles. The third-order valence-corrected chi connectivity index (χ3v) is 4.11. The van der Waals surface area contributed by atoms with E-state index in [1.807, 2.05) is 0 Å². The number of carbonyl (C=O) groups is 1. The van der Waals surface area contributed by atoms with Gasteiger partial charge in [-0.2, -0.15) is 13.2 Å². The highest BCUT2D eigenvalue weighted by Crippen LogP contribution is 2.33. The lowest BCUT2D eigenvalue weighted by Gasteiger charge is -2.12. The molecule has 0 spiro atoms. The average molecular weight is 410 g/mol. The fourth-order valence-corrected chi connectivity index (χ4v) is 2.60. The first-order valence-corrected chi connectivity index (χ1v) is 8.14. The van der Waals surface area contributed by atoms with Crippen molar-refractivity contribution in [2.45, 2.75) is 6.18 Å². The number of alkyl halides is 3. The van der Waals surface area contributed by atoms with Crippen LogP contribution < -0.4 is 16.6 Å². The van der Waals surface area contributed by atoms with Crippen LogP contribution in [0.3, 0.4) is 0 Å². The van der Waals surface area contributed by atoms with Crippen LogP contribution in [0.25, 0.3) is 5.69 Å². The van der Waals surface area contributed by atoms with Crippen LogP contribution in [0.5, 0.6) is 0 Å². The smallest absolute Gasteiger partial charge is 0.320 e. The summed E-state index contributed by atoms with van der Waals surface area (Å²) >= 11 is 5.85. The second-order valence-electron chi connectivity index (χ2n) is 5.63. The van der Waals surface area contributed by atoms with Gasteiger partial charge in [-0.25, -0.2) is 9.36 Å². The summed E-state index contributed by atoms with van der Waals surface area (Å²) in [5, 5.41) is 2.03. The minimum absolute atomic E-state index is 0.144. The number of hydrogen-bond donors (Lipinski definition) is 2. The number of nitrogens with zero attached hydrogens (tertiary/aromatic N) is 1. The van der Waals surface area contributed by atoms with E-state index in [2.05, 4.69) is 10.3 Å². The Kier molecular flexibility index (Phi) is 5.10. The second kappa shape index (κ2) is 7.35. The van der Waals surface area contributed by atoms with Gasteiger partial charge in [0.15, 0.2) is 0 Å². The maximum Gasteiger partial charge on any atom is 0.416 e. The van der Waals surface area contributed by atoms with E-state index in [0.717, 1.165) is 22.9 Å². The summed E-state index contributed by atoms with van der Waals surface area (Å²) in [6.07, 6.45) is -3.75. The third kappa shape index (κ3) is 3.84. The molecule has 0 fully saturated rings. The molecule has 10 heteroatoms. The van der Waals surface area contributed by atoms with Gasteiger partial charge >= 0.3 is 11.9 Å². The zero-order valence-electron chi connectivity index (χ0n) is 13.9. The Morgan fingerprint density at radius 3 is 2.39 bits per heavy atom. The van der Waals surface area contributed by atoms with Gasteiger partial charge in [0.05, 0.1) is 22.0 Å². The summed E-state index contributed by atoms with van der Waals surface area (Å²) in [5.41, 5.74) is -3.30. The molecule has 28 heavy (non-hydrogen) atoms. The molecule has 0 unspecified atom stereocenters. The quantitative estimate of drug-likeness (QED) is 0.695. The molecule has 0 atom stereocenters. The maximum atomic E-state index is 12.9. The number of hydrogen-bond acceptors (Lipinski definition) is 3. The zero-order valence-corrected chi connectivity index (χ0v) is 14.6. The number of anilines is 1. The van der Waals surface area contributed by atoms with Crippen molar-refractivity contribution in [2.75, 3.05) is 5.32 Å². The topological polar surface area (TPSA) is 84.0 Å². The first-order chi connectivity index (χ1) is 13.2. The summed E-state index contributed by atoms with van der Waals surface area (Å²) in [7, 11) is 0. The highest BCUT2D eigenvalue weighted by molar-refractivity contribution is 6.34. The van der Waals surface area contributed by atoms with Gasteiger partial charge in [-0.15, -0.1) is 0 Å². The summed E-state index contributed by atoms with van der Waals surface area (Å²) in [4.78, 5) is 39.3. The zero-order chi connectivity index (χ0) is 20.5. The molecule has 0 bridgehead atoms. The molecule has 1 amide bonds. The summed E-state index contributed by atoms with van der Waals surface area (Å²) < 4.78 is 39.3. The Morgan fingerprint density at radius 1 is 1.07 bits per heavy atom. The Morgan fingerprint density at radius 2 is 1.75 bits per heavy atom. The lowest BCUT2D eigenvalue weighted by atomic mass is 10.2. The van der Waals surface area contributed by atoms with E-state index < -0.39 is 34.5 Å². The molecule has 0 aliphatic heterocycles. The number of carbonyl (C=O) groups excluding carboxylic acids is 1. The van der Waals surface area contributed by atoms with Crippen LogP contribution in [0.1, 0.15) is 15.9 Å². The van der Waals surface area contributed by atoms with Crippen molar-refractivity contribution < 1.29 is 18.0 Å². The van der Waals surface area contributed by atoms with Gasteiger partial charge in [-0.05, 0) is 30.3 Å². The molecule has 3 rings (SSSR count). The molecule has 1 aromatic heterocycles. The average Bonchev–Trinajstić information content (AvgIpc) is 2.63. The van der Waals surface area contributed by atoms with E-state index in [0.29, 0.717) is 6.07 Å². The molecule has 2 aromatic carbocycles. The molecule has 0 saturated carbocycles. The molecule has 144 valence electrons. The van der Waals surface area contributed by atoms with E-state index in [1.165, 1.54) is 12.1 Å². The minimum atomic E-state index is -4.64. The Balaban J connectivity index is 2.01. The summed E-state index contributed by atoms with van der Waals surface area (Å²) in [6, 6.07) is 10.2. The van der Waals surface area contributed by atoms with Gasteiger partial charge in [-0.3, -0.25) is 9.59 Å². The van der Waals surface area contributed by atoms with Crippen molar-refractivity contribution in [3.63, 3.8) is 0 Å². The molecule has 0 aliphatic carbocycles. The van der Waals surface area contributed by atoms with Crippen LogP contribution in [-0.4, -0.2) is 15.5 Å². The number of benzene rings is 2. The number of para-hydroxylation sites is 1. The standard InChI is InChI=1S/C18H11ClF3N3O3/c19-13-7-6-10(18(20,21)22)8-14(13)24-15(26)12-9-23-17(28)25(16(12)27)11-4-2-1-3-5-11/h1-9H,(H,23,28)(H,24,26). The van der Waals surface area contributed by atoms with Crippen LogP contribution in [-0.2, 0) is 6.18 Å². The normalized spacial score (nSPS) is 11.3. The number of amides is 1. The van der Waals surface area contributed by atoms with Gasteiger partial charge in [0.25, 0.3) is 11.5 Å². The van der Waals surface area contributed by atoms with E-state index in [9.17, 15) is 27.6 Å². The monoisotopic (exact) mass is 409 g/mol. The van der Waals surface area contributed by atoms with Crippen LogP contribution in [0.15, 0.2) is 64.3 Å². The summed E-state index contributed by atoms with van der Waals surface area (Å²) in [5.74, 6) is -1.02. The van der Waals surface area contributed by atoms with E-state index in [4.69, 9.17) is 11.6 Å². The molecule has 0 radical (unpaired) electrons. The largest absolute Gasteiger partial charge is 0.416 e. The molecular weight excluding hydrogens is 399 g/mol. The van der Waals surface area contributed by atoms with Gasteiger partial charge in [0, 0.05) is 6.20 Å². The first kappa shape index (κ1) is 19.4. The van der Waals surface area contributed by atoms with Crippen LogP contribution in [0.4, 0.5) is 18.9 Å². The number of aromatic amines is 1. The number of rotatable bonds is 3. The molecule has 6 nitrogen and oxygen atoms in total. The lowest BCUT2D eigenvalue weighted by Crippen LogP contribution is -2.38. The van der Waals surface area contributed by atoms with Crippen LogP contribution in [0.2, 0.25) is 5.02 Å². The Bertz CT molecular complexity index is 1150. The van der Waals surface area contributed by atoms with Crippen molar-refractivity contribution in [3.8, 4) is 5.69 Å². The SMILES string of the molecule is O=C(Nc1cc(C(F)(F)F)ccc1Cl)c1c[nH]c(=O)n(-c2ccccc2)c1=O. The fraction of sp³-hybridized carbons (Fsp3) is 0.0556. The van der Waals surface area contributed by atoms with Crippen molar-refractivity contribution in [1.29, 1.82) is 0 Å². The van der Waals surface area contributed by atoms with Gasteiger partial charge in [-0.1, -0.05) is 29.8 Å². The van der Waals surface area contributed by atoms with E-state index in [-0.39, 0.29) is 16.4 Å². The van der Waals surface area contributed by atoms with Crippen molar-refractivity contribution in [2.24, 2.45) is 0 Å². The fourth-order valence-electron chi connectivity index (χ4n) is 2.43. The molecule has 3 aromatic rings. The summed E-state index contributed by atoms with van der Waals surface area (Å²) in [6.45, 7) is 0. The molecule has 0 aliphatic rings. The third-order valence-electron chi connectivity index (χ3n) is 3.78. The van der Waals surface area contributed by atoms with Crippen molar-refractivity contribution >= 4 is 23.2 Å². The number of halogens is 4. The second-order valence-corrected chi connectivity index (χ2v) is 6.04. The predicted octanol–water partition coefficient (Wildman–Crippen LogP) is 3.45. The van der Waals surface area contributed by atoms with Crippen LogP contribution >= 0.6 is 11.6 Å². The van der Waals surface area contributed by atoms with Gasteiger partial charge in [0.1, 0.15) is 5.56 Å². The number of aromatic nitrogens is 2.